The molecule has 0 spiro atoms. The first kappa shape index (κ1) is 12.9. The highest BCUT2D eigenvalue weighted by Crippen LogP contribution is 2.23. The second-order valence-electron chi connectivity index (χ2n) is 4.38. The summed E-state index contributed by atoms with van der Waals surface area (Å²) in [4.78, 5) is 16.0. The van der Waals surface area contributed by atoms with Gasteiger partial charge < -0.3 is 9.15 Å². The van der Waals surface area contributed by atoms with Crippen molar-refractivity contribution >= 4 is 11.0 Å². The van der Waals surface area contributed by atoms with E-state index >= 15 is 0 Å². The molecule has 0 aliphatic rings. The zero-order valence-corrected chi connectivity index (χ0v) is 11.2. The zero-order chi connectivity index (χ0) is 14.8. The molecule has 5 nitrogen and oxygen atoms in total. The van der Waals surface area contributed by atoms with E-state index in [1.807, 2.05) is 6.07 Å². The molecule has 5 heteroatoms. The fourth-order valence-corrected chi connectivity index (χ4v) is 1.98. The molecule has 21 heavy (non-hydrogen) atoms. The van der Waals surface area contributed by atoms with Gasteiger partial charge in [-0.1, -0.05) is 0 Å². The first-order valence-electron chi connectivity index (χ1n) is 6.20. The minimum absolute atomic E-state index is 0.213. The number of ether oxygens (including phenoxy) is 1. The smallest absolute Gasteiger partial charge is 0.284 e. The molecule has 0 fully saturated rings. The first-order chi connectivity index (χ1) is 10.2. The lowest BCUT2D eigenvalue weighted by Crippen LogP contribution is -2.07. The second kappa shape index (κ2) is 5.10. The zero-order valence-electron chi connectivity index (χ0n) is 11.2. The summed E-state index contributed by atoms with van der Waals surface area (Å²) in [6, 6.07) is 13.7. The molecule has 0 saturated heterocycles. The number of aromatic nitrogens is 1. The summed E-state index contributed by atoms with van der Waals surface area (Å²) in [5.74, 6) is 0.813. The molecule has 3 aromatic rings. The number of methoxy groups -OCH3 is 1. The van der Waals surface area contributed by atoms with Gasteiger partial charge in [-0.25, -0.2) is 0 Å². The Morgan fingerprint density at radius 1 is 1.19 bits per heavy atom. The second-order valence-corrected chi connectivity index (χ2v) is 4.38. The number of rotatable bonds is 2. The van der Waals surface area contributed by atoms with Gasteiger partial charge in [-0.05, 0) is 36.4 Å². The summed E-state index contributed by atoms with van der Waals surface area (Å²) in [5, 5.41) is 9.19. The van der Waals surface area contributed by atoms with Crippen LogP contribution in [0.1, 0.15) is 5.56 Å². The number of hydrogen-bond acceptors (Lipinski definition) is 5. The molecule has 0 aliphatic heterocycles. The maximum absolute atomic E-state index is 12.0. The molecule has 0 saturated carbocycles. The number of benzene rings is 2. The Bertz CT molecular complexity index is 905. The van der Waals surface area contributed by atoms with Crippen LogP contribution < -0.4 is 10.3 Å². The van der Waals surface area contributed by atoms with Crippen LogP contribution in [-0.4, -0.2) is 12.1 Å². The van der Waals surface area contributed by atoms with Crippen LogP contribution in [0.25, 0.3) is 22.4 Å². The maximum Gasteiger partial charge on any atom is 0.284 e. The van der Waals surface area contributed by atoms with Crippen LogP contribution in [0.15, 0.2) is 51.7 Å². The topological polar surface area (TPSA) is 76.1 Å². The lowest BCUT2D eigenvalue weighted by molar-refractivity contribution is 0.414. The van der Waals surface area contributed by atoms with Crippen LogP contribution in [0, 0.1) is 11.3 Å². The van der Waals surface area contributed by atoms with E-state index in [1.54, 1.807) is 49.6 Å². The van der Waals surface area contributed by atoms with Crippen molar-refractivity contribution in [2.75, 3.05) is 7.11 Å². The minimum Gasteiger partial charge on any atom is -0.497 e. The van der Waals surface area contributed by atoms with Crippen LogP contribution >= 0.6 is 0 Å². The molecule has 0 bridgehead atoms. The van der Waals surface area contributed by atoms with Crippen molar-refractivity contribution in [3.8, 4) is 23.3 Å². The summed E-state index contributed by atoms with van der Waals surface area (Å²) in [7, 11) is 1.54. The van der Waals surface area contributed by atoms with E-state index in [9.17, 15) is 4.79 Å². The fraction of sp³-hybridized carbons (Fsp3) is 0.0625. The van der Waals surface area contributed by atoms with E-state index in [0.29, 0.717) is 27.8 Å². The van der Waals surface area contributed by atoms with E-state index in [0.717, 1.165) is 0 Å². The summed E-state index contributed by atoms with van der Waals surface area (Å²) < 4.78 is 10.8. The van der Waals surface area contributed by atoms with E-state index < -0.39 is 0 Å². The Kier molecular flexibility index (Phi) is 3.13. The predicted molar refractivity (Wildman–Crippen MR) is 77.0 cm³/mol. The van der Waals surface area contributed by atoms with Gasteiger partial charge in [-0.2, -0.15) is 10.2 Å². The van der Waals surface area contributed by atoms with Gasteiger partial charge in [0.15, 0.2) is 0 Å². The number of fused-ring (bicyclic) bond motifs is 1. The lowest BCUT2D eigenvalue weighted by Gasteiger charge is -2.04. The molecule has 0 unspecified atom stereocenters. The van der Waals surface area contributed by atoms with Gasteiger partial charge in [0.25, 0.3) is 5.56 Å². The van der Waals surface area contributed by atoms with Crippen molar-refractivity contribution in [2.45, 2.75) is 0 Å². The molecular weight excluding hydrogens is 268 g/mol. The molecule has 1 aromatic heterocycles. The number of nitriles is 1. The molecule has 102 valence electrons. The third kappa shape index (κ3) is 2.35. The molecule has 1 heterocycles. The van der Waals surface area contributed by atoms with Crippen molar-refractivity contribution < 1.29 is 9.15 Å². The van der Waals surface area contributed by atoms with Crippen molar-refractivity contribution in [1.82, 2.24) is 4.98 Å². The van der Waals surface area contributed by atoms with E-state index in [4.69, 9.17) is 14.4 Å². The molecular formula is C16H10N2O3. The summed E-state index contributed by atoms with van der Waals surface area (Å²) in [6.07, 6.45) is 0. The van der Waals surface area contributed by atoms with Crippen LogP contribution in [0.2, 0.25) is 0 Å². The van der Waals surface area contributed by atoms with Crippen molar-refractivity contribution in [3.63, 3.8) is 0 Å². The maximum atomic E-state index is 12.0. The van der Waals surface area contributed by atoms with E-state index in [-0.39, 0.29) is 11.4 Å². The van der Waals surface area contributed by atoms with Gasteiger partial charge >= 0.3 is 0 Å². The van der Waals surface area contributed by atoms with Crippen LogP contribution in [0.4, 0.5) is 0 Å². The minimum atomic E-state index is -0.363. The lowest BCUT2D eigenvalue weighted by atomic mass is 10.1. The molecule has 0 radical (unpaired) electrons. The Hall–Kier alpha value is -3.13. The normalized spacial score (nSPS) is 10.3. The quantitative estimate of drug-likeness (QED) is 0.720. The molecule has 0 atom stereocenters. The van der Waals surface area contributed by atoms with Crippen molar-refractivity contribution in [1.29, 1.82) is 5.26 Å². The predicted octanol–water partition coefficient (Wildman–Crippen LogP) is 2.74. The van der Waals surface area contributed by atoms with Gasteiger partial charge in [0.2, 0.25) is 5.89 Å². The largest absolute Gasteiger partial charge is 0.497 e. The Morgan fingerprint density at radius 2 is 1.95 bits per heavy atom. The molecule has 0 N–H and O–H groups in total. The molecule has 0 amide bonds. The Balaban J connectivity index is 2.18. The van der Waals surface area contributed by atoms with E-state index in [1.165, 1.54) is 0 Å². The summed E-state index contributed by atoms with van der Waals surface area (Å²) in [6.45, 7) is 0. The molecule has 2 aromatic carbocycles. The molecule has 0 aliphatic carbocycles. The fourth-order valence-electron chi connectivity index (χ4n) is 1.98. The Morgan fingerprint density at radius 3 is 2.62 bits per heavy atom. The average Bonchev–Trinajstić information content (AvgIpc) is 2.54. The van der Waals surface area contributed by atoms with Crippen LogP contribution in [0.5, 0.6) is 5.75 Å². The average molecular weight is 278 g/mol. The highest BCUT2D eigenvalue weighted by atomic mass is 16.5. The van der Waals surface area contributed by atoms with Gasteiger partial charge in [0, 0.05) is 11.6 Å². The SMILES string of the molecule is COc1ccc2c(=O)nc(-c3ccc(C#N)cc3)oc2c1. The highest BCUT2D eigenvalue weighted by Gasteiger charge is 2.09. The van der Waals surface area contributed by atoms with Crippen LogP contribution in [-0.2, 0) is 0 Å². The molecule has 3 rings (SSSR count). The third-order valence-electron chi connectivity index (χ3n) is 3.09. The van der Waals surface area contributed by atoms with Crippen LogP contribution in [0.3, 0.4) is 0 Å². The summed E-state index contributed by atoms with van der Waals surface area (Å²) >= 11 is 0. The standard InChI is InChI=1S/C16H10N2O3/c1-20-12-6-7-13-14(8-12)21-16(18-15(13)19)11-4-2-10(9-17)3-5-11/h2-8H,1H3. The van der Waals surface area contributed by atoms with Gasteiger partial charge in [-0.15, -0.1) is 0 Å². The van der Waals surface area contributed by atoms with Gasteiger partial charge in [-0.3, -0.25) is 4.79 Å². The van der Waals surface area contributed by atoms with Crippen molar-refractivity contribution in [2.24, 2.45) is 0 Å². The number of hydrogen-bond donors (Lipinski definition) is 0. The number of nitrogens with zero attached hydrogens (tertiary/aromatic N) is 2. The monoisotopic (exact) mass is 278 g/mol. The Labute approximate surface area is 120 Å². The summed E-state index contributed by atoms with van der Waals surface area (Å²) in [5.41, 5.74) is 1.21. The highest BCUT2D eigenvalue weighted by molar-refractivity contribution is 5.78. The van der Waals surface area contributed by atoms with Gasteiger partial charge in [0.05, 0.1) is 24.1 Å². The third-order valence-corrected chi connectivity index (χ3v) is 3.09. The van der Waals surface area contributed by atoms with Gasteiger partial charge in [0.1, 0.15) is 11.3 Å². The van der Waals surface area contributed by atoms with Crippen molar-refractivity contribution in [3.05, 3.63) is 58.4 Å². The first-order valence-corrected chi connectivity index (χ1v) is 6.20. The van der Waals surface area contributed by atoms with E-state index in [2.05, 4.69) is 4.98 Å².